The Morgan fingerprint density at radius 1 is 1.67 bits per heavy atom. The van der Waals surface area contributed by atoms with Crippen LogP contribution in [0, 0.1) is 10.1 Å². The molecular weight excluding hydrogens is 218 g/mol. The average molecular weight is 231 g/mol. The van der Waals surface area contributed by atoms with Crippen molar-refractivity contribution in [1.82, 2.24) is 0 Å². The van der Waals surface area contributed by atoms with Crippen molar-refractivity contribution >= 4 is 23.0 Å². The largest absolute Gasteiger partial charge is 0.374 e. The van der Waals surface area contributed by atoms with Crippen LogP contribution >= 0.6 is 11.6 Å². The van der Waals surface area contributed by atoms with Crippen LogP contribution in [-0.2, 0) is 0 Å². The number of halogens is 1. The average Bonchev–Trinajstić information content (AvgIpc) is 2.15. The van der Waals surface area contributed by atoms with E-state index in [1.165, 1.54) is 6.07 Å². The Labute approximate surface area is 92.4 Å². The Morgan fingerprint density at radius 2 is 2.33 bits per heavy atom. The van der Waals surface area contributed by atoms with Crippen molar-refractivity contribution in [2.45, 2.75) is 13.0 Å². The van der Waals surface area contributed by atoms with E-state index in [1.54, 1.807) is 12.1 Å². The summed E-state index contributed by atoms with van der Waals surface area (Å²) in [5, 5.41) is 14.0. The molecule has 0 aliphatic heterocycles. The molecule has 1 aromatic carbocycles. The van der Waals surface area contributed by atoms with Crippen molar-refractivity contribution in [2.24, 2.45) is 0 Å². The molecular formula is C9H13ClN3O2+. The molecule has 0 saturated heterocycles. The van der Waals surface area contributed by atoms with Gasteiger partial charge in [0.25, 0.3) is 5.69 Å². The molecule has 0 aliphatic carbocycles. The van der Waals surface area contributed by atoms with Crippen molar-refractivity contribution in [1.29, 1.82) is 0 Å². The first-order valence-electron chi connectivity index (χ1n) is 4.51. The van der Waals surface area contributed by atoms with E-state index < -0.39 is 4.92 Å². The summed E-state index contributed by atoms with van der Waals surface area (Å²) in [6, 6.07) is 4.73. The first-order chi connectivity index (χ1) is 7.00. The second-order valence-corrected chi connectivity index (χ2v) is 3.84. The number of hydrogen-bond donors (Lipinski definition) is 2. The van der Waals surface area contributed by atoms with Gasteiger partial charge in [-0.1, -0.05) is 11.6 Å². The highest BCUT2D eigenvalue weighted by atomic mass is 35.5. The highest BCUT2D eigenvalue weighted by molar-refractivity contribution is 6.30. The molecule has 0 bridgehead atoms. The third-order valence-electron chi connectivity index (χ3n) is 1.80. The van der Waals surface area contributed by atoms with Gasteiger partial charge in [-0.25, -0.2) is 0 Å². The molecule has 1 aromatic rings. The quantitative estimate of drug-likeness (QED) is 0.604. The fraction of sp³-hybridized carbons (Fsp3) is 0.333. The number of rotatable bonds is 4. The number of nitro benzene ring substituents is 1. The number of quaternary nitrogens is 1. The highest BCUT2D eigenvalue weighted by Crippen LogP contribution is 2.27. The predicted molar refractivity (Wildman–Crippen MR) is 58.9 cm³/mol. The normalized spacial score (nSPS) is 12.2. The molecule has 0 aromatic heterocycles. The lowest BCUT2D eigenvalue weighted by Gasteiger charge is -2.07. The maximum Gasteiger partial charge on any atom is 0.293 e. The van der Waals surface area contributed by atoms with Crippen LogP contribution in [-0.4, -0.2) is 17.5 Å². The second-order valence-electron chi connectivity index (χ2n) is 3.40. The zero-order chi connectivity index (χ0) is 11.4. The predicted octanol–water partition coefficient (Wildman–Crippen LogP) is 1.29. The van der Waals surface area contributed by atoms with Gasteiger partial charge in [-0.2, -0.15) is 0 Å². The number of nitro groups is 1. The van der Waals surface area contributed by atoms with Gasteiger partial charge >= 0.3 is 0 Å². The SMILES string of the molecule is C[C@H]([NH3+])CNc1ccc(Cl)cc1[N+](=O)[O-]. The molecule has 6 heteroatoms. The number of benzene rings is 1. The Bertz CT molecular complexity index is 368. The van der Waals surface area contributed by atoms with Crippen LogP contribution in [0.3, 0.4) is 0 Å². The summed E-state index contributed by atoms with van der Waals surface area (Å²) in [7, 11) is 0. The first-order valence-corrected chi connectivity index (χ1v) is 4.89. The third kappa shape index (κ3) is 3.38. The molecule has 4 N–H and O–H groups in total. The molecule has 0 fully saturated rings. The topological polar surface area (TPSA) is 82.8 Å². The lowest BCUT2D eigenvalue weighted by atomic mass is 10.2. The van der Waals surface area contributed by atoms with E-state index in [1.807, 2.05) is 6.92 Å². The van der Waals surface area contributed by atoms with Crippen molar-refractivity contribution in [3.63, 3.8) is 0 Å². The molecule has 0 unspecified atom stereocenters. The molecule has 0 heterocycles. The van der Waals surface area contributed by atoms with Gasteiger partial charge in [0.05, 0.1) is 17.5 Å². The summed E-state index contributed by atoms with van der Waals surface area (Å²) in [5.74, 6) is 0. The maximum atomic E-state index is 10.7. The summed E-state index contributed by atoms with van der Waals surface area (Å²) < 4.78 is 0. The lowest BCUT2D eigenvalue weighted by Crippen LogP contribution is -2.62. The van der Waals surface area contributed by atoms with Gasteiger partial charge in [0.1, 0.15) is 5.69 Å². The zero-order valence-electron chi connectivity index (χ0n) is 8.37. The summed E-state index contributed by atoms with van der Waals surface area (Å²) in [4.78, 5) is 10.3. The molecule has 0 spiro atoms. The second kappa shape index (κ2) is 4.95. The van der Waals surface area contributed by atoms with E-state index in [9.17, 15) is 10.1 Å². The van der Waals surface area contributed by atoms with Crippen molar-refractivity contribution in [3.05, 3.63) is 33.3 Å². The summed E-state index contributed by atoms with van der Waals surface area (Å²) in [5.41, 5.74) is 4.25. The van der Waals surface area contributed by atoms with Crippen LogP contribution in [0.4, 0.5) is 11.4 Å². The van der Waals surface area contributed by atoms with Crippen molar-refractivity contribution in [3.8, 4) is 0 Å². The summed E-state index contributed by atoms with van der Waals surface area (Å²) in [6.07, 6.45) is 0. The molecule has 5 nitrogen and oxygen atoms in total. The molecule has 1 rings (SSSR count). The van der Waals surface area contributed by atoms with Gasteiger partial charge in [-0.15, -0.1) is 0 Å². The minimum Gasteiger partial charge on any atom is -0.374 e. The van der Waals surface area contributed by atoms with Gasteiger partial charge in [0.2, 0.25) is 0 Å². The van der Waals surface area contributed by atoms with E-state index in [0.29, 0.717) is 17.3 Å². The highest BCUT2D eigenvalue weighted by Gasteiger charge is 2.14. The molecule has 0 amide bonds. The van der Waals surface area contributed by atoms with Crippen LogP contribution in [0.1, 0.15) is 6.92 Å². The monoisotopic (exact) mass is 230 g/mol. The van der Waals surface area contributed by atoms with E-state index >= 15 is 0 Å². The van der Waals surface area contributed by atoms with Crippen molar-refractivity contribution in [2.75, 3.05) is 11.9 Å². The smallest absolute Gasteiger partial charge is 0.293 e. The molecule has 15 heavy (non-hydrogen) atoms. The van der Waals surface area contributed by atoms with Crippen molar-refractivity contribution < 1.29 is 10.7 Å². The van der Waals surface area contributed by atoms with Crippen LogP contribution in [0.5, 0.6) is 0 Å². The molecule has 1 atom stereocenters. The van der Waals surface area contributed by atoms with E-state index in [2.05, 4.69) is 11.1 Å². The van der Waals surface area contributed by atoms with Gasteiger partial charge in [0, 0.05) is 11.1 Å². The first kappa shape index (κ1) is 11.7. The number of nitrogens with zero attached hydrogens (tertiary/aromatic N) is 1. The number of anilines is 1. The van der Waals surface area contributed by atoms with Crippen LogP contribution in [0.2, 0.25) is 5.02 Å². The van der Waals surface area contributed by atoms with Crippen LogP contribution in [0.25, 0.3) is 0 Å². The zero-order valence-corrected chi connectivity index (χ0v) is 9.12. The van der Waals surface area contributed by atoms with E-state index in [4.69, 9.17) is 11.6 Å². The molecule has 0 aliphatic rings. The van der Waals surface area contributed by atoms with Gasteiger partial charge in [-0.3, -0.25) is 10.1 Å². The van der Waals surface area contributed by atoms with Crippen LogP contribution < -0.4 is 11.1 Å². The van der Waals surface area contributed by atoms with Gasteiger partial charge in [0.15, 0.2) is 0 Å². The standard InChI is InChI=1S/C9H12ClN3O2/c1-6(11)5-12-8-3-2-7(10)4-9(8)13(14)15/h2-4,6,12H,5,11H2,1H3/p+1/t6-/m0/s1. The fourth-order valence-electron chi connectivity index (χ4n) is 1.09. The minimum atomic E-state index is -0.456. The fourth-order valence-corrected chi connectivity index (χ4v) is 1.26. The third-order valence-corrected chi connectivity index (χ3v) is 2.03. The number of nitrogens with one attached hydrogen (secondary N) is 1. The Balaban J connectivity index is 2.91. The molecule has 82 valence electrons. The Kier molecular flexibility index (Phi) is 3.88. The lowest BCUT2D eigenvalue weighted by molar-refractivity contribution is -0.409. The van der Waals surface area contributed by atoms with Gasteiger partial charge < -0.3 is 11.1 Å². The minimum absolute atomic E-state index is 0.0110. The summed E-state index contributed by atoms with van der Waals surface area (Å²) in [6.45, 7) is 2.51. The van der Waals surface area contributed by atoms with Crippen LogP contribution in [0.15, 0.2) is 18.2 Å². The molecule has 0 saturated carbocycles. The number of hydrogen-bond acceptors (Lipinski definition) is 3. The van der Waals surface area contributed by atoms with Gasteiger partial charge in [-0.05, 0) is 19.1 Å². The Morgan fingerprint density at radius 3 is 2.87 bits per heavy atom. The Hall–Kier alpha value is -1.33. The maximum absolute atomic E-state index is 10.7. The summed E-state index contributed by atoms with van der Waals surface area (Å²) >= 11 is 5.68. The molecule has 0 radical (unpaired) electrons. The van der Waals surface area contributed by atoms with E-state index in [0.717, 1.165) is 0 Å². The van der Waals surface area contributed by atoms with E-state index in [-0.39, 0.29) is 11.7 Å².